The fourth-order valence-corrected chi connectivity index (χ4v) is 4.41. The average Bonchev–Trinajstić information content (AvgIpc) is 3.17. The predicted octanol–water partition coefficient (Wildman–Crippen LogP) is 4.06. The third-order valence-corrected chi connectivity index (χ3v) is 5.90. The van der Waals surface area contributed by atoms with Gasteiger partial charge < -0.3 is 14.6 Å². The molecule has 0 spiro atoms. The van der Waals surface area contributed by atoms with E-state index in [0.717, 1.165) is 48.5 Å². The van der Waals surface area contributed by atoms with Gasteiger partial charge in [-0.25, -0.2) is 0 Å². The Kier molecular flexibility index (Phi) is 6.25. The van der Waals surface area contributed by atoms with Crippen molar-refractivity contribution in [1.82, 2.24) is 9.80 Å². The number of hydrogen-bond donors (Lipinski definition) is 0. The molecule has 1 amide bonds. The van der Waals surface area contributed by atoms with Crippen molar-refractivity contribution in [2.24, 2.45) is 5.16 Å². The van der Waals surface area contributed by atoms with Gasteiger partial charge in [-0.2, -0.15) is 0 Å². The van der Waals surface area contributed by atoms with E-state index < -0.39 is 0 Å². The van der Waals surface area contributed by atoms with Crippen LogP contribution in [0.5, 0.6) is 0 Å². The molecular formula is C24H29N3O2. The van der Waals surface area contributed by atoms with Crippen LogP contribution in [-0.4, -0.2) is 60.7 Å². The Bertz CT molecular complexity index is 842. The molecule has 5 nitrogen and oxygen atoms in total. The second-order valence-electron chi connectivity index (χ2n) is 7.94. The second kappa shape index (κ2) is 9.23. The lowest BCUT2D eigenvalue weighted by atomic mass is 10.0. The Morgan fingerprint density at radius 3 is 2.38 bits per heavy atom. The maximum absolute atomic E-state index is 13.3. The van der Waals surface area contributed by atoms with Crippen molar-refractivity contribution in [3.63, 3.8) is 0 Å². The first-order valence-electron chi connectivity index (χ1n) is 10.5. The molecule has 2 aromatic carbocycles. The van der Waals surface area contributed by atoms with Gasteiger partial charge in [-0.05, 0) is 49.2 Å². The van der Waals surface area contributed by atoms with Gasteiger partial charge in [0, 0.05) is 18.5 Å². The fourth-order valence-electron chi connectivity index (χ4n) is 4.41. The summed E-state index contributed by atoms with van der Waals surface area (Å²) in [7, 11) is 1.57. The van der Waals surface area contributed by atoms with E-state index in [1.807, 2.05) is 47.4 Å². The molecule has 1 atom stereocenters. The summed E-state index contributed by atoms with van der Waals surface area (Å²) < 4.78 is 0. The van der Waals surface area contributed by atoms with Gasteiger partial charge in [-0.1, -0.05) is 54.0 Å². The van der Waals surface area contributed by atoms with E-state index in [0.29, 0.717) is 6.54 Å². The highest BCUT2D eigenvalue weighted by atomic mass is 16.6. The van der Waals surface area contributed by atoms with Crippen molar-refractivity contribution in [3.8, 4) is 11.1 Å². The van der Waals surface area contributed by atoms with E-state index in [9.17, 15) is 4.79 Å². The molecule has 0 bridgehead atoms. The summed E-state index contributed by atoms with van der Waals surface area (Å²) >= 11 is 0. The minimum atomic E-state index is 0.0768. The van der Waals surface area contributed by atoms with Crippen molar-refractivity contribution in [1.29, 1.82) is 0 Å². The van der Waals surface area contributed by atoms with Crippen LogP contribution >= 0.6 is 0 Å². The number of rotatable bonds is 5. The number of oxime groups is 1. The van der Waals surface area contributed by atoms with Crippen LogP contribution in [0, 0.1) is 0 Å². The molecule has 4 rings (SSSR count). The summed E-state index contributed by atoms with van der Waals surface area (Å²) in [6.45, 7) is 3.71. The number of hydrogen-bond acceptors (Lipinski definition) is 4. The summed E-state index contributed by atoms with van der Waals surface area (Å²) in [6.07, 6.45) is 4.60. The quantitative estimate of drug-likeness (QED) is 0.722. The molecule has 29 heavy (non-hydrogen) atoms. The van der Waals surface area contributed by atoms with Crippen LogP contribution in [0.3, 0.4) is 0 Å². The highest BCUT2D eigenvalue weighted by molar-refractivity contribution is 6.00. The summed E-state index contributed by atoms with van der Waals surface area (Å²) in [5.74, 6) is 0.0768. The first-order chi connectivity index (χ1) is 14.2. The summed E-state index contributed by atoms with van der Waals surface area (Å²) in [6, 6.07) is 18.3. The maximum Gasteiger partial charge on any atom is 0.254 e. The number of likely N-dealkylation sites (tertiary alicyclic amines) is 2. The third-order valence-electron chi connectivity index (χ3n) is 5.90. The van der Waals surface area contributed by atoms with E-state index >= 15 is 0 Å². The molecule has 0 aromatic heterocycles. The molecule has 0 N–H and O–H groups in total. The van der Waals surface area contributed by atoms with E-state index in [-0.39, 0.29) is 11.9 Å². The highest BCUT2D eigenvalue weighted by Crippen LogP contribution is 2.24. The van der Waals surface area contributed by atoms with E-state index in [4.69, 9.17) is 4.84 Å². The summed E-state index contributed by atoms with van der Waals surface area (Å²) in [4.78, 5) is 22.8. The molecule has 0 radical (unpaired) electrons. The molecule has 0 saturated carbocycles. The molecule has 0 unspecified atom stereocenters. The lowest BCUT2D eigenvalue weighted by molar-refractivity contribution is 0.0693. The Labute approximate surface area is 173 Å². The van der Waals surface area contributed by atoms with Gasteiger partial charge in [-0.3, -0.25) is 4.79 Å². The number of benzene rings is 2. The minimum absolute atomic E-state index is 0.0768. The lowest BCUT2D eigenvalue weighted by Gasteiger charge is -2.32. The highest BCUT2D eigenvalue weighted by Gasteiger charge is 2.35. The van der Waals surface area contributed by atoms with Crippen LogP contribution in [0.25, 0.3) is 11.1 Å². The summed E-state index contributed by atoms with van der Waals surface area (Å²) in [5, 5.41) is 4.15. The molecule has 2 fully saturated rings. The van der Waals surface area contributed by atoms with Crippen LogP contribution in [0.1, 0.15) is 36.0 Å². The fraction of sp³-hybridized carbons (Fsp3) is 0.417. The van der Waals surface area contributed by atoms with Crippen molar-refractivity contribution < 1.29 is 9.63 Å². The molecule has 0 aliphatic carbocycles. The SMILES string of the molecule is CON=C1C[C@@H](CN2CCCCC2)N(C(=O)c2ccc(-c3ccccc3)cc2)C1. The van der Waals surface area contributed by atoms with Crippen LogP contribution in [-0.2, 0) is 4.84 Å². The van der Waals surface area contributed by atoms with Gasteiger partial charge in [0.2, 0.25) is 0 Å². The first-order valence-corrected chi connectivity index (χ1v) is 10.5. The normalized spacial score (nSPS) is 21.5. The Hall–Kier alpha value is -2.66. The topological polar surface area (TPSA) is 45.1 Å². The number of amides is 1. The van der Waals surface area contributed by atoms with Gasteiger partial charge in [0.1, 0.15) is 7.11 Å². The third kappa shape index (κ3) is 4.67. The van der Waals surface area contributed by atoms with Crippen LogP contribution in [0.15, 0.2) is 59.8 Å². The molecule has 2 aliphatic heterocycles. The van der Waals surface area contributed by atoms with Crippen LogP contribution in [0.2, 0.25) is 0 Å². The zero-order valence-corrected chi connectivity index (χ0v) is 17.1. The molecule has 5 heteroatoms. The van der Waals surface area contributed by atoms with Gasteiger partial charge >= 0.3 is 0 Å². The monoisotopic (exact) mass is 391 g/mol. The molecule has 2 heterocycles. The molecule has 2 saturated heterocycles. The zero-order valence-electron chi connectivity index (χ0n) is 17.1. The first kappa shape index (κ1) is 19.6. The standard InChI is InChI=1S/C24H29N3O2/c1-29-25-22-16-23(18-26-14-6-3-7-15-26)27(17-22)24(28)21-12-10-20(11-13-21)19-8-4-2-5-9-19/h2,4-5,8-13,23H,3,6-7,14-18H2,1H3/t23-/m0/s1. The lowest BCUT2D eigenvalue weighted by Crippen LogP contribution is -2.44. The number of carbonyl (C=O) groups excluding carboxylic acids is 1. The number of piperidine rings is 1. The van der Waals surface area contributed by atoms with Crippen molar-refractivity contribution in [2.75, 3.05) is 33.3 Å². The van der Waals surface area contributed by atoms with Crippen molar-refractivity contribution in [2.45, 2.75) is 31.7 Å². The van der Waals surface area contributed by atoms with Crippen molar-refractivity contribution >= 4 is 11.6 Å². The summed E-state index contributed by atoms with van der Waals surface area (Å²) in [5.41, 5.74) is 3.95. The Morgan fingerprint density at radius 1 is 1.00 bits per heavy atom. The average molecular weight is 392 g/mol. The largest absolute Gasteiger partial charge is 0.399 e. The molecular weight excluding hydrogens is 362 g/mol. The maximum atomic E-state index is 13.3. The second-order valence-corrected chi connectivity index (χ2v) is 7.94. The van der Waals surface area contributed by atoms with Gasteiger partial charge in [0.05, 0.1) is 18.3 Å². The van der Waals surface area contributed by atoms with Gasteiger partial charge in [0.15, 0.2) is 0 Å². The number of carbonyl (C=O) groups is 1. The molecule has 2 aromatic rings. The van der Waals surface area contributed by atoms with Crippen molar-refractivity contribution in [3.05, 3.63) is 60.2 Å². The van der Waals surface area contributed by atoms with E-state index in [1.165, 1.54) is 19.3 Å². The smallest absolute Gasteiger partial charge is 0.254 e. The number of nitrogens with zero attached hydrogens (tertiary/aromatic N) is 3. The zero-order chi connectivity index (χ0) is 20.1. The van der Waals surface area contributed by atoms with Gasteiger partial charge in [0.25, 0.3) is 5.91 Å². The predicted molar refractivity (Wildman–Crippen MR) is 116 cm³/mol. The Morgan fingerprint density at radius 2 is 1.69 bits per heavy atom. The minimum Gasteiger partial charge on any atom is -0.399 e. The molecule has 152 valence electrons. The van der Waals surface area contributed by atoms with E-state index in [2.05, 4.69) is 22.2 Å². The van der Waals surface area contributed by atoms with E-state index in [1.54, 1.807) is 7.11 Å². The van der Waals surface area contributed by atoms with Crippen LogP contribution in [0.4, 0.5) is 0 Å². The Balaban J connectivity index is 1.50. The van der Waals surface area contributed by atoms with Crippen LogP contribution < -0.4 is 0 Å². The molecule has 2 aliphatic rings. The van der Waals surface area contributed by atoms with Gasteiger partial charge in [-0.15, -0.1) is 0 Å².